The topological polar surface area (TPSA) is 57.6 Å². The molecule has 0 aliphatic rings. The van der Waals surface area contributed by atoms with Gasteiger partial charge in [-0.15, -0.1) is 11.8 Å². The third kappa shape index (κ3) is 4.23. The third-order valence-corrected chi connectivity index (χ3v) is 2.36. The molecule has 0 radical (unpaired) electrons. The molecule has 4 nitrogen and oxygen atoms in total. The molecule has 0 heterocycles. The number of aliphatic carboxylic acids is 1. The highest BCUT2D eigenvalue weighted by atomic mass is 32.2. The molecular formula is C7H13NO3S. The molecule has 0 saturated carbocycles. The van der Waals surface area contributed by atoms with Crippen molar-refractivity contribution in [2.75, 3.05) is 19.8 Å². The molecule has 0 fully saturated rings. The monoisotopic (exact) mass is 191 g/mol. The lowest BCUT2D eigenvalue weighted by Crippen LogP contribution is -2.30. The minimum Gasteiger partial charge on any atom is -0.481 e. The van der Waals surface area contributed by atoms with Crippen LogP contribution in [0.1, 0.15) is 6.92 Å². The maximum absolute atomic E-state index is 11.2. The van der Waals surface area contributed by atoms with Crippen molar-refractivity contribution in [3.8, 4) is 0 Å². The number of carboxylic acids is 1. The van der Waals surface area contributed by atoms with Gasteiger partial charge in [0.05, 0.1) is 11.0 Å². The van der Waals surface area contributed by atoms with Gasteiger partial charge < -0.3 is 10.0 Å². The first kappa shape index (κ1) is 11.3. The molecule has 1 N–H and O–H groups in total. The summed E-state index contributed by atoms with van der Waals surface area (Å²) in [6.45, 7) is 1.70. The minimum atomic E-state index is -0.890. The molecule has 0 aliphatic heterocycles. The van der Waals surface area contributed by atoms with Crippen molar-refractivity contribution in [3.05, 3.63) is 0 Å². The highest BCUT2D eigenvalue weighted by molar-refractivity contribution is 8.01. The van der Waals surface area contributed by atoms with Gasteiger partial charge >= 0.3 is 5.97 Å². The van der Waals surface area contributed by atoms with Gasteiger partial charge in [0.2, 0.25) is 5.91 Å². The van der Waals surface area contributed by atoms with Crippen LogP contribution in [0.15, 0.2) is 0 Å². The van der Waals surface area contributed by atoms with Crippen molar-refractivity contribution < 1.29 is 14.7 Å². The van der Waals surface area contributed by atoms with Crippen LogP contribution in [-0.2, 0) is 9.59 Å². The number of carbonyl (C=O) groups is 2. The van der Waals surface area contributed by atoms with Gasteiger partial charge in [0, 0.05) is 14.1 Å². The normalized spacial score (nSPS) is 12.2. The van der Waals surface area contributed by atoms with Gasteiger partial charge in [0.1, 0.15) is 0 Å². The van der Waals surface area contributed by atoms with Crippen LogP contribution in [0.25, 0.3) is 0 Å². The number of nitrogens with zero attached hydrogens (tertiary/aromatic N) is 1. The zero-order valence-corrected chi connectivity index (χ0v) is 8.22. The van der Waals surface area contributed by atoms with Gasteiger partial charge in [-0.3, -0.25) is 9.59 Å². The molecule has 1 amide bonds. The number of thioether (sulfide) groups is 1. The lowest BCUT2D eigenvalue weighted by molar-refractivity contribution is -0.133. The smallest absolute Gasteiger partial charge is 0.313 e. The van der Waals surface area contributed by atoms with E-state index in [0.29, 0.717) is 0 Å². The lowest BCUT2D eigenvalue weighted by atomic mass is 10.4. The predicted octanol–water partition coefficient (Wildman–Crippen LogP) is 0.281. The Morgan fingerprint density at radius 1 is 1.50 bits per heavy atom. The molecule has 70 valence electrons. The zero-order chi connectivity index (χ0) is 9.72. The molecular weight excluding hydrogens is 178 g/mol. The first-order valence-corrected chi connectivity index (χ1v) is 4.54. The zero-order valence-electron chi connectivity index (χ0n) is 7.40. The van der Waals surface area contributed by atoms with Crippen LogP contribution in [0.2, 0.25) is 0 Å². The molecule has 0 aliphatic carbocycles. The maximum atomic E-state index is 11.2. The van der Waals surface area contributed by atoms with E-state index < -0.39 is 5.97 Å². The average molecular weight is 191 g/mol. The number of carbonyl (C=O) groups excluding carboxylic acids is 1. The van der Waals surface area contributed by atoms with Crippen molar-refractivity contribution in [1.29, 1.82) is 0 Å². The molecule has 0 aromatic rings. The first-order valence-electron chi connectivity index (χ1n) is 3.49. The van der Waals surface area contributed by atoms with Crippen molar-refractivity contribution in [2.24, 2.45) is 0 Å². The Labute approximate surface area is 75.9 Å². The fourth-order valence-electron chi connectivity index (χ4n) is 0.631. The van der Waals surface area contributed by atoms with E-state index in [4.69, 9.17) is 5.11 Å². The second-order valence-electron chi connectivity index (χ2n) is 2.58. The summed E-state index contributed by atoms with van der Waals surface area (Å²) < 4.78 is 0. The molecule has 0 saturated heterocycles. The molecule has 5 heteroatoms. The number of carboxylic acid groups (broad SMARTS) is 1. The van der Waals surface area contributed by atoms with Crippen molar-refractivity contribution in [2.45, 2.75) is 12.2 Å². The van der Waals surface area contributed by atoms with Crippen LogP contribution >= 0.6 is 11.8 Å². The molecule has 0 rings (SSSR count). The Hall–Kier alpha value is -0.710. The third-order valence-electron chi connectivity index (χ3n) is 1.25. The average Bonchev–Trinajstić information content (AvgIpc) is 1.98. The van der Waals surface area contributed by atoms with Gasteiger partial charge in [0.25, 0.3) is 0 Å². The number of rotatable bonds is 4. The summed E-state index contributed by atoms with van der Waals surface area (Å²) in [6.07, 6.45) is 0. The summed E-state index contributed by atoms with van der Waals surface area (Å²) in [5, 5.41) is 8.06. The van der Waals surface area contributed by atoms with Gasteiger partial charge in [-0.05, 0) is 6.92 Å². The van der Waals surface area contributed by atoms with E-state index >= 15 is 0 Å². The Morgan fingerprint density at radius 2 is 2.00 bits per heavy atom. The second-order valence-corrected chi connectivity index (χ2v) is 3.91. The quantitative estimate of drug-likeness (QED) is 0.693. The van der Waals surface area contributed by atoms with E-state index in [2.05, 4.69) is 0 Å². The van der Waals surface area contributed by atoms with Crippen LogP contribution < -0.4 is 0 Å². The van der Waals surface area contributed by atoms with Crippen LogP contribution in [0.4, 0.5) is 0 Å². The summed E-state index contributed by atoms with van der Waals surface area (Å²) in [5.41, 5.74) is 0. The summed E-state index contributed by atoms with van der Waals surface area (Å²) >= 11 is 1.13. The van der Waals surface area contributed by atoms with Crippen molar-refractivity contribution in [3.63, 3.8) is 0 Å². The highest BCUT2D eigenvalue weighted by Gasteiger charge is 2.15. The molecule has 12 heavy (non-hydrogen) atoms. The molecule has 0 aromatic heterocycles. The number of hydrogen-bond acceptors (Lipinski definition) is 3. The predicted molar refractivity (Wildman–Crippen MR) is 48.2 cm³/mol. The van der Waals surface area contributed by atoms with E-state index in [9.17, 15) is 9.59 Å². The van der Waals surface area contributed by atoms with Crippen LogP contribution in [0.5, 0.6) is 0 Å². The molecule has 1 unspecified atom stereocenters. The first-order chi connectivity index (χ1) is 5.45. The van der Waals surface area contributed by atoms with E-state index in [1.165, 1.54) is 4.90 Å². The molecule has 0 bridgehead atoms. The minimum absolute atomic E-state index is 0.0270. The summed E-state index contributed by atoms with van der Waals surface area (Å²) in [4.78, 5) is 22.8. The fourth-order valence-corrected chi connectivity index (χ4v) is 1.38. The van der Waals surface area contributed by atoms with Crippen LogP contribution in [-0.4, -0.2) is 47.0 Å². The largest absolute Gasteiger partial charge is 0.481 e. The Morgan fingerprint density at radius 3 is 2.33 bits per heavy atom. The standard InChI is InChI=1S/C7H13NO3S/c1-5(7(11)8(2)3)12-4-6(9)10/h5H,4H2,1-3H3,(H,9,10). The fraction of sp³-hybridized carbons (Fsp3) is 0.714. The molecule has 0 spiro atoms. The van der Waals surface area contributed by atoms with Crippen molar-refractivity contribution >= 4 is 23.6 Å². The maximum Gasteiger partial charge on any atom is 0.313 e. The summed E-state index contributed by atoms with van der Waals surface area (Å²) in [6, 6.07) is 0. The van der Waals surface area contributed by atoms with Gasteiger partial charge in [0.15, 0.2) is 0 Å². The second kappa shape index (κ2) is 5.03. The van der Waals surface area contributed by atoms with Crippen molar-refractivity contribution in [1.82, 2.24) is 4.90 Å². The van der Waals surface area contributed by atoms with E-state index in [-0.39, 0.29) is 16.9 Å². The van der Waals surface area contributed by atoms with E-state index in [1.54, 1.807) is 21.0 Å². The van der Waals surface area contributed by atoms with Gasteiger partial charge in [-0.25, -0.2) is 0 Å². The number of hydrogen-bond donors (Lipinski definition) is 1. The van der Waals surface area contributed by atoms with Crippen LogP contribution in [0, 0.1) is 0 Å². The van der Waals surface area contributed by atoms with Gasteiger partial charge in [-0.2, -0.15) is 0 Å². The Kier molecular flexibility index (Phi) is 4.73. The Bertz CT molecular complexity index is 181. The number of amides is 1. The molecule has 0 aromatic carbocycles. The van der Waals surface area contributed by atoms with E-state index in [1.807, 2.05) is 0 Å². The highest BCUT2D eigenvalue weighted by Crippen LogP contribution is 2.11. The van der Waals surface area contributed by atoms with E-state index in [0.717, 1.165) is 11.8 Å². The Balaban J connectivity index is 3.79. The van der Waals surface area contributed by atoms with Crippen LogP contribution in [0.3, 0.4) is 0 Å². The SMILES string of the molecule is CC(SCC(=O)O)C(=O)N(C)C. The summed E-state index contributed by atoms with van der Waals surface area (Å²) in [5.74, 6) is -0.972. The summed E-state index contributed by atoms with van der Waals surface area (Å²) in [7, 11) is 3.31. The lowest BCUT2D eigenvalue weighted by Gasteiger charge is -2.15. The van der Waals surface area contributed by atoms with Gasteiger partial charge in [-0.1, -0.05) is 0 Å². The molecule has 1 atom stereocenters.